The van der Waals surface area contributed by atoms with E-state index in [4.69, 9.17) is 6.42 Å². The lowest BCUT2D eigenvalue weighted by Gasteiger charge is -2.15. The summed E-state index contributed by atoms with van der Waals surface area (Å²) in [7, 11) is 0. The molecule has 0 aliphatic carbocycles. The molecule has 2 aromatic rings. The van der Waals surface area contributed by atoms with Crippen LogP contribution in [0.4, 0.5) is 0 Å². The fourth-order valence-electron chi connectivity index (χ4n) is 2.17. The minimum atomic E-state index is 0.281. The molecule has 0 radical (unpaired) electrons. The Labute approximate surface area is 121 Å². The SMILES string of the molecule is C#CCCC(NCCC)c1cnn(-c2ccccc2)c1. The van der Waals surface area contributed by atoms with Gasteiger partial charge in [0.2, 0.25) is 0 Å². The van der Waals surface area contributed by atoms with E-state index < -0.39 is 0 Å². The second kappa shape index (κ2) is 7.52. The molecule has 0 aliphatic rings. The monoisotopic (exact) mass is 267 g/mol. The highest BCUT2D eigenvalue weighted by Gasteiger charge is 2.12. The largest absolute Gasteiger partial charge is 0.310 e. The Morgan fingerprint density at radius 2 is 2.15 bits per heavy atom. The maximum atomic E-state index is 5.38. The molecule has 0 saturated heterocycles. The van der Waals surface area contributed by atoms with E-state index in [2.05, 4.69) is 29.5 Å². The molecule has 3 heteroatoms. The van der Waals surface area contributed by atoms with Crippen molar-refractivity contribution in [2.75, 3.05) is 6.54 Å². The van der Waals surface area contributed by atoms with Gasteiger partial charge in [-0.25, -0.2) is 4.68 Å². The second-order valence-electron chi connectivity index (χ2n) is 4.80. The topological polar surface area (TPSA) is 29.9 Å². The van der Waals surface area contributed by atoms with Crippen molar-refractivity contribution < 1.29 is 0 Å². The van der Waals surface area contributed by atoms with E-state index in [1.165, 1.54) is 5.56 Å². The molecular weight excluding hydrogens is 246 g/mol. The van der Waals surface area contributed by atoms with E-state index in [0.29, 0.717) is 0 Å². The van der Waals surface area contributed by atoms with Crippen molar-refractivity contribution >= 4 is 0 Å². The zero-order valence-electron chi connectivity index (χ0n) is 11.9. The molecule has 20 heavy (non-hydrogen) atoms. The van der Waals surface area contributed by atoms with Crippen molar-refractivity contribution in [1.82, 2.24) is 15.1 Å². The molecule has 1 atom stereocenters. The Balaban J connectivity index is 2.13. The van der Waals surface area contributed by atoms with Gasteiger partial charge in [-0.2, -0.15) is 5.10 Å². The van der Waals surface area contributed by atoms with Gasteiger partial charge in [0.05, 0.1) is 11.9 Å². The summed E-state index contributed by atoms with van der Waals surface area (Å²) in [5.74, 6) is 2.72. The molecule has 2 rings (SSSR count). The normalized spacial score (nSPS) is 12.0. The molecule has 0 bridgehead atoms. The molecule has 0 fully saturated rings. The molecule has 1 heterocycles. The molecular formula is C17H21N3. The second-order valence-corrected chi connectivity index (χ2v) is 4.80. The van der Waals surface area contributed by atoms with E-state index in [1.54, 1.807) is 0 Å². The Morgan fingerprint density at radius 3 is 2.85 bits per heavy atom. The predicted octanol–water partition coefficient (Wildman–Crippen LogP) is 3.33. The minimum absolute atomic E-state index is 0.281. The molecule has 104 valence electrons. The average molecular weight is 267 g/mol. The summed E-state index contributed by atoms with van der Waals surface area (Å²) >= 11 is 0. The highest BCUT2D eigenvalue weighted by Crippen LogP contribution is 2.19. The third-order valence-electron chi connectivity index (χ3n) is 3.24. The number of rotatable bonds is 7. The lowest BCUT2D eigenvalue weighted by atomic mass is 10.1. The van der Waals surface area contributed by atoms with Crippen LogP contribution in [-0.4, -0.2) is 16.3 Å². The molecule has 0 spiro atoms. The van der Waals surface area contributed by atoms with Gasteiger partial charge in [-0.15, -0.1) is 12.3 Å². The first-order valence-corrected chi connectivity index (χ1v) is 7.12. The minimum Gasteiger partial charge on any atom is -0.310 e. The van der Waals surface area contributed by atoms with Crippen LogP contribution in [0.15, 0.2) is 42.7 Å². The van der Waals surface area contributed by atoms with Crippen LogP contribution in [0.1, 0.15) is 37.8 Å². The van der Waals surface area contributed by atoms with Crippen LogP contribution >= 0.6 is 0 Å². The van der Waals surface area contributed by atoms with E-state index in [-0.39, 0.29) is 6.04 Å². The summed E-state index contributed by atoms with van der Waals surface area (Å²) in [6, 6.07) is 10.4. The highest BCUT2D eigenvalue weighted by atomic mass is 15.3. The molecule has 0 amide bonds. The van der Waals surface area contributed by atoms with Gasteiger partial charge in [-0.05, 0) is 31.5 Å². The van der Waals surface area contributed by atoms with Crippen LogP contribution in [0, 0.1) is 12.3 Å². The summed E-state index contributed by atoms with van der Waals surface area (Å²) < 4.78 is 1.91. The number of terminal acetylenes is 1. The summed E-state index contributed by atoms with van der Waals surface area (Å²) in [4.78, 5) is 0. The van der Waals surface area contributed by atoms with Crippen molar-refractivity contribution in [1.29, 1.82) is 0 Å². The van der Waals surface area contributed by atoms with E-state index in [0.717, 1.165) is 31.5 Å². The standard InChI is InChI=1S/C17H21N3/c1-3-5-11-17(18-12-4-2)15-13-19-20(14-15)16-9-7-6-8-10-16/h1,6-10,13-14,17-18H,4-5,11-12H2,2H3. The zero-order valence-corrected chi connectivity index (χ0v) is 11.9. The Kier molecular flexibility index (Phi) is 5.40. The van der Waals surface area contributed by atoms with Crippen LogP contribution < -0.4 is 5.32 Å². The van der Waals surface area contributed by atoms with Gasteiger partial charge < -0.3 is 5.32 Å². The van der Waals surface area contributed by atoms with Crippen LogP contribution in [0.2, 0.25) is 0 Å². The molecule has 0 saturated carbocycles. The summed E-state index contributed by atoms with van der Waals surface area (Å²) in [5.41, 5.74) is 2.27. The van der Waals surface area contributed by atoms with Gasteiger partial charge in [0.25, 0.3) is 0 Å². The summed E-state index contributed by atoms with van der Waals surface area (Å²) in [5, 5.41) is 7.98. The van der Waals surface area contributed by atoms with Gasteiger partial charge in [-0.1, -0.05) is 25.1 Å². The fraction of sp³-hybridized carbons (Fsp3) is 0.353. The van der Waals surface area contributed by atoms with E-state index in [9.17, 15) is 0 Å². The van der Waals surface area contributed by atoms with Crippen molar-refractivity contribution in [2.24, 2.45) is 0 Å². The van der Waals surface area contributed by atoms with E-state index >= 15 is 0 Å². The number of aromatic nitrogens is 2. The quantitative estimate of drug-likeness (QED) is 0.780. The molecule has 1 N–H and O–H groups in total. The Morgan fingerprint density at radius 1 is 1.35 bits per heavy atom. The van der Waals surface area contributed by atoms with Gasteiger partial charge >= 0.3 is 0 Å². The summed E-state index contributed by atoms with van der Waals surface area (Å²) in [6.45, 7) is 3.16. The zero-order chi connectivity index (χ0) is 14.2. The third kappa shape index (κ3) is 3.72. The van der Waals surface area contributed by atoms with Crippen LogP contribution in [0.3, 0.4) is 0 Å². The van der Waals surface area contributed by atoms with Crippen molar-refractivity contribution in [2.45, 2.75) is 32.2 Å². The van der Waals surface area contributed by atoms with Gasteiger partial charge in [0.1, 0.15) is 0 Å². The van der Waals surface area contributed by atoms with Crippen LogP contribution in [0.5, 0.6) is 0 Å². The Bertz CT molecular complexity index is 551. The molecule has 3 nitrogen and oxygen atoms in total. The maximum Gasteiger partial charge on any atom is 0.0645 e. The maximum absolute atomic E-state index is 5.38. The number of benzene rings is 1. The lowest BCUT2D eigenvalue weighted by Crippen LogP contribution is -2.21. The first-order chi connectivity index (χ1) is 9.85. The number of nitrogens with one attached hydrogen (secondary N) is 1. The van der Waals surface area contributed by atoms with Gasteiger partial charge in [0, 0.05) is 24.2 Å². The highest BCUT2D eigenvalue weighted by molar-refractivity contribution is 5.31. The van der Waals surface area contributed by atoms with Crippen molar-refractivity contribution in [3.8, 4) is 18.0 Å². The van der Waals surface area contributed by atoms with Gasteiger partial charge in [-0.3, -0.25) is 0 Å². The molecule has 1 aromatic carbocycles. The average Bonchev–Trinajstić information content (AvgIpc) is 2.98. The number of para-hydroxylation sites is 1. The van der Waals surface area contributed by atoms with Gasteiger partial charge in [0.15, 0.2) is 0 Å². The molecule has 0 aliphatic heterocycles. The van der Waals surface area contributed by atoms with Crippen LogP contribution in [-0.2, 0) is 0 Å². The lowest BCUT2D eigenvalue weighted by molar-refractivity contribution is 0.505. The first-order valence-electron chi connectivity index (χ1n) is 7.12. The third-order valence-corrected chi connectivity index (χ3v) is 3.24. The molecule has 1 unspecified atom stereocenters. The predicted molar refractivity (Wildman–Crippen MR) is 82.7 cm³/mol. The number of nitrogens with zero attached hydrogens (tertiary/aromatic N) is 2. The first kappa shape index (κ1) is 14.4. The number of hydrogen-bond donors (Lipinski definition) is 1. The van der Waals surface area contributed by atoms with E-state index in [1.807, 2.05) is 41.2 Å². The number of hydrogen-bond acceptors (Lipinski definition) is 2. The van der Waals surface area contributed by atoms with Crippen molar-refractivity contribution in [3.05, 3.63) is 48.3 Å². The Hall–Kier alpha value is -2.05. The molecule has 1 aromatic heterocycles. The smallest absolute Gasteiger partial charge is 0.0645 e. The van der Waals surface area contributed by atoms with Crippen LogP contribution in [0.25, 0.3) is 5.69 Å². The van der Waals surface area contributed by atoms with Crippen molar-refractivity contribution in [3.63, 3.8) is 0 Å². The fourth-order valence-corrected chi connectivity index (χ4v) is 2.17. The summed E-state index contributed by atoms with van der Waals surface area (Å²) in [6.07, 6.45) is 12.2.